The lowest BCUT2D eigenvalue weighted by Crippen LogP contribution is -2.51. The van der Waals surface area contributed by atoms with Crippen LogP contribution in [0, 0.1) is 28.4 Å². The van der Waals surface area contributed by atoms with Crippen molar-refractivity contribution < 1.29 is 33.1 Å². The number of allylic oxidation sites excluding steroid dienone is 1. The van der Waals surface area contributed by atoms with Gasteiger partial charge in [-0.2, -0.15) is 0 Å². The zero-order chi connectivity index (χ0) is 43.3. The van der Waals surface area contributed by atoms with Gasteiger partial charge in [0.15, 0.2) is 0 Å². The van der Waals surface area contributed by atoms with Gasteiger partial charge in [-0.15, -0.1) is 6.58 Å². The summed E-state index contributed by atoms with van der Waals surface area (Å²) in [7, 11) is 0. The van der Waals surface area contributed by atoms with E-state index in [9.17, 15) is 28.7 Å². The minimum atomic E-state index is -1.04. The first-order chi connectivity index (χ1) is 28.1. The Bertz CT molecular complexity index is 1890. The average molecular weight is 819 g/mol. The van der Waals surface area contributed by atoms with Gasteiger partial charge < -0.3 is 36.3 Å². The molecule has 0 bridgehead atoms. The van der Waals surface area contributed by atoms with E-state index < -0.39 is 59.5 Å². The van der Waals surface area contributed by atoms with Crippen molar-refractivity contribution in [2.45, 2.75) is 111 Å². The van der Waals surface area contributed by atoms with Crippen LogP contribution in [0.2, 0.25) is 0 Å². The second-order valence-corrected chi connectivity index (χ2v) is 17.0. The molecule has 13 heteroatoms. The van der Waals surface area contributed by atoms with Crippen LogP contribution < -0.4 is 21.7 Å². The summed E-state index contributed by atoms with van der Waals surface area (Å²) >= 11 is 0. The molecular weight excluding hydrogens is 755 g/mol. The van der Waals surface area contributed by atoms with Crippen LogP contribution >= 0.6 is 0 Å². The van der Waals surface area contributed by atoms with Crippen molar-refractivity contribution in [1.82, 2.24) is 25.4 Å². The minimum absolute atomic E-state index is 0.00160. The highest BCUT2D eigenvalue weighted by molar-refractivity contribution is 5.85. The van der Waals surface area contributed by atoms with Gasteiger partial charge in [0.1, 0.15) is 18.2 Å². The lowest BCUT2D eigenvalue weighted by molar-refractivity contribution is -0.140. The Kier molecular flexibility index (Phi) is 17.0. The molecule has 0 spiro atoms. The quantitative estimate of drug-likeness (QED) is 0.0619. The van der Waals surface area contributed by atoms with Crippen molar-refractivity contribution in [2.75, 3.05) is 26.2 Å². The number of hydrogen-bond donors (Lipinski definition) is 5. The van der Waals surface area contributed by atoms with Crippen LogP contribution in [0.15, 0.2) is 73.4 Å². The number of nitrogens with zero attached hydrogens (tertiary/aromatic N) is 2. The molecule has 0 saturated heterocycles. The number of nitrogens with two attached hydrogens (primary N) is 1. The Balaban J connectivity index is 1.45. The molecule has 0 radical (unpaired) electrons. The molecule has 1 fully saturated rings. The van der Waals surface area contributed by atoms with E-state index in [0.29, 0.717) is 37.1 Å². The first kappa shape index (κ1) is 46.8. The van der Waals surface area contributed by atoms with Gasteiger partial charge in [-0.1, -0.05) is 77.4 Å². The number of aliphatic hydroxyl groups excluding tert-OH is 1. The second-order valence-electron chi connectivity index (χ2n) is 17.0. The van der Waals surface area contributed by atoms with Crippen LogP contribution in [0.25, 0.3) is 11.1 Å². The van der Waals surface area contributed by atoms with Crippen LogP contribution in [-0.2, 0) is 25.7 Å². The molecule has 59 heavy (non-hydrogen) atoms. The maximum Gasteiger partial charge on any atom is 0.248 e. The van der Waals surface area contributed by atoms with E-state index in [1.165, 1.54) is 4.90 Å². The number of nitrogens with one attached hydrogen (secondary N) is 3. The summed E-state index contributed by atoms with van der Waals surface area (Å²) in [6.45, 7) is 13.9. The number of aromatic nitrogens is 1. The highest BCUT2D eigenvalue weighted by Crippen LogP contribution is 2.41. The molecule has 4 amide bonds. The number of hydrogen-bond acceptors (Lipinski definition) is 6. The largest absolute Gasteiger partial charge is 0.387 e. The third kappa shape index (κ3) is 12.6. The van der Waals surface area contributed by atoms with Gasteiger partial charge >= 0.3 is 0 Å². The second kappa shape index (κ2) is 21.4. The standard InChI is InChI=1S/C46H64F2N6O5/c1-7-21-46(8-2,9-3)27-40(56)50-22-23-51-43(58)34-16-13-17-38(34)52-44(59)37(49)20-24-54(41(57)30-55)42(45(4,5)6)39-25-32(35-26-33(47)18-19-36(35)48)29-53(39)28-31-14-11-10-12-15-31/h7,10-12,14-15,18-19,25-26,29,34,37-38,42,55H,1,8-9,13,16-17,20-24,27-28,30,49H2,2-6H3,(H,50,56)(H,51,58)(H,52,59)/t34-,37+,38+,42+/m1/s1. The molecule has 4 rings (SSSR count). The molecule has 4 atom stereocenters. The Morgan fingerprint density at radius 3 is 2.36 bits per heavy atom. The SMILES string of the molecule is C=CCC(CC)(CC)CC(=O)NCCNC(=O)[C@@H]1CCC[C@@H]1NC(=O)[C@@H](N)CCN(C(=O)CO)[C@@H](c1cc(-c2cc(F)ccc2F)cn1Cc1ccccc1)C(C)(C)C. The Labute approximate surface area is 348 Å². The van der Waals surface area contributed by atoms with E-state index in [1.54, 1.807) is 12.3 Å². The number of aliphatic hydroxyl groups is 1. The van der Waals surface area contributed by atoms with Gasteiger partial charge in [-0.25, -0.2) is 8.78 Å². The fourth-order valence-corrected chi connectivity index (χ4v) is 8.33. The predicted octanol–water partition coefficient (Wildman–Crippen LogP) is 6.40. The zero-order valence-electron chi connectivity index (χ0n) is 35.4. The van der Waals surface area contributed by atoms with Gasteiger partial charge in [0.05, 0.1) is 18.0 Å². The lowest BCUT2D eigenvalue weighted by Gasteiger charge is -2.41. The topological polar surface area (TPSA) is 159 Å². The molecule has 1 saturated carbocycles. The van der Waals surface area contributed by atoms with Gasteiger partial charge in [-0.3, -0.25) is 19.2 Å². The number of halogens is 2. The van der Waals surface area contributed by atoms with Gasteiger partial charge in [0.25, 0.3) is 0 Å². The summed E-state index contributed by atoms with van der Waals surface area (Å²) < 4.78 is 31.4. The lowest BCUT2D eigenvalue weighted by atomic mass is 9.76. The number of carbonyl (C=O) groups is 4. The zero-order valence-corrected chi connectivity index (χ0v) is 35.4. The molecule has 1 aliphatic rings. The molecule has 6 N–H and O–H groups in total. The molecule has 0 aliphatic heterocycles. The first-order valence-electron chi connectivity index (χ1n) is 20.9. The van der Waals surface area contributed by atoms with E-state index >= 15 is 4.39 Å². The summed E-state index contributed by atoms with van der Waals surface area (Å²) in [5.41, 5.74) is 7.75. The van der Waals surface area contributed by atoms with Crippen molar-refractivity contribution >= 4 is 23.6 Å². The third-order valence-corrected chi connectivity index (χ3v) is 11.8. The van der Waals surface area contributed by atoms with E-state index in [-0.39, 0.29) is 48.8 Å². The van der Waals surface area contributed by atoms with Crippen LogP contribution in [0.1, 0.15) is 103 Å². The maximum atomic E-state index is 15.1. The Hall–Kier alpha value is -4.88. The smallest absolute Gasteiger partial charge is 0.248 e. The fraction of sp³-hybridized carbons (Fsp3) is 0.522. The summed E-state index contributed by atoms with van der Waals surface area (Å²) in [6, 6.07) is 12.4. The molecule has 11 nitrogen and oxygen atoms in total. The van der Waals surface area contributed by atoms with E-state index in [1.807, 2.05) is 61.7 Å². The Morgan fingerprint density at radius 2 is 1.71 bits per heavy atom. The molecule has 1 heterocycles. The number of amides is 4. The normalized spacial score (nSPS) is 16.6. The van der Waals surface area contributed by atoms with Crippen molar-refractivity contribution in [3.63, 3.8) is 0 Å². The van der Waals surface area contributed by atoms with Crippen LogP contribution in [0.5, 0.6) is 0 Å². The highest BCUT2D eigenvalue weighted by Gasteiger charge is 2.39. The molecule has 0 unspecified atom stereocenters. The van der Waals surface area contributed by atoms with Gasteiger partial charge in [0.2, 0.25) is 23.6 Å². The predicted molar refractivity (Wildman–Crippen MR) is 227 cm³/mol. The van der Waals surface area contributed by atoms with Crippen LogP contribution in [0.4, 0.5) is 8.78 Å². The first-order valence-corrected chi connectivity index (χ1v) is 20.9. The van der Waals surface area contributed by atoms with Crippen molar-refractivity contribution in [3.8, 4) is 11.1 Å². The Morgan fingerprint density at radius 1 is 1.02 bits per heavy atom. The van der Waals surface area contributed by atoms with E-state index in [4.69, 9.17) is 5.73 Å². The van der Waals surface area contributed by atoms with Crippen molar-refractivity contribution in [3.05, 3.63) is 96.3 Å². The van der Waals surface area contributed by atoms with E-state index in [2.05, 4.69) is 36.4 Å². The third-order valence-electron chi connectivity index (χ3n) is 11.8. The summed E-state index contributed by atoms with van der Waals surface area (Å²) in [4.78, 5) is 54.5. The molecular formula is C46H64F2N6O5. The van der Waals surface area contributed by atoms with Gasteiger partial charge in [0, 0.05) is 61.7 Å². The minimum Gasteiger partial charge on any atom is -0.387 e. The van der Waals surface area contributed by atoms with E-state index in [0.717, 1.165) is 49.4 Å². The summed E-state index contributed by atoms with van der Waals surface area (Å²) in [6.07, 6.45) is 8.43. The average Bonchev–Trinajstić information content (AvgIpc) is 3.84. The fourth-order valence-electron chi connectivity index (χ4n) is 8.33. The number of carbonyl (C=O) groups excluding carboxylic acids is 4. The molecule has 1 aromatic heterocycles. The summed E-state index contributed by atoms with van der Waals surface area (Å²) in [5, 5.41) is 19.0. The summed E-state index contributed by atoms with van der Waals surface area (Å²) in [5.74, 6) is -2.97. The van der Waals surface area contributed by atoms with Crippen molar-refractivity contribution in [1.29, 1.82) is 0 Å². The monoisotopic (exact) mass is 818 g/mol. The number of benzene rings is 2. The van der Waals surface area contributed by atoms with Crippen molar-refractivity contribution in [2.24, 2.45) is 22.5 Å². The van der Waals surface area contributed by atoms with Crippen LogP contribution in [-0.4, -0.2) is 76.5 Å². The molecule has 2 aromatic carbocycles. The maximum absolute atomic E-state index is 15.1. The number of rotatable bonds is 21. The molecule has 3 aromatic rings. The molecule has 1 aliphatic carbocycles. The van der Waals surface area contributed by atoms with Crippen LogP contribution in [0.3, 0.4) is 0 Å². The van der Waals surface area contributed by atoms with Gasteiger partial charge in [-0.05, 0) is 79.2 Å². The highest BCUT2D eigenvalue weighted by atomic mass is 19.1. The molecule has 322 valence electrons.